The fourth-order valence-corrected chi connectivity index (χ4v) is 1.99. The Kier molecular flexibility index (Phi) is 3.08. The van der Waals surface area contributed by atoms with Crippen molar-refractivity contribution >= 4 is 0 Å². The summed E-state index contributed by atoms with van der Waals surface area (Å²) in [7, 11) is 0. The van der Waals surface area contributed by atoms with Crippen molar-refractivity contribution in [2.24, 2.45) is 0 Å². The number of rotatable bonds is 5. The van der Waals surface area contributed by atoms with Crippen LogP contribution in [0.15, 0.2) is 37.4 Å². The van der Waals surface area contributed by atoms with Gasteiger partial charge in [0.2, 0.25) is 0 Å². The third-order valence-corrected chi connectivity index (χ3v) is 3.13. The van der Waals surface area contributed by atoms with Crippen LogP contribution in [0.1, 0.15) is 33.1 Å². The van der Waals surface area contributed by atoms with Gasteiger partial charge in [0.1, 0.15) is 5.66 Å². The minimum atomic E-state index is -0.0942. The summed E-state index contributed by atoms with van der Waals surface area (Å²) >= 11 is 0. The molecule has 2 rings (SSSR count). The summed E-state index contributed by atoms with van der Waals surface area (Å²) in [6, 6.07) is 0. The van der Waals surface area contributed by atoms with Crippen LogP contribution in [0.2, 0.25) is 0 Å². The van der Waals surface area contributed by atoms with Crippen LogP contribution in [0, 0.1) is 0 Å². The lowest BCUT2D eigenvalue weighted by Gasteiger charge is -2.32. The molecule has 0 aliphatic carbocycles. The smallest absolute Gasteiger partial charge is 0.120 e. The molecule has 0 amide bonds. The highest BCUT2D eigenvalue weighted by Gasteiger charge is 2.26. The van der Waals surface area contributed by atoms with Crippen molar-refractivity contribution in [3.05, 3.63) is 37.4 Å². The second kappa shape index (κ2) is 4.51. The van der Waals surface area contributed by atoms with Crippen LogP contribution >= 0.6 is 0 Å². The summed E-state index contributed by atoms with van der Waals surface area (Å²) in [5.74, 6) is 0. The lowest BCUT2D eigenvalue weighted by molar-refractivity contribution is 0.229. The molecule has 0 N–H and O–H groups in total. The first-order chi connectivity index (χ1) is 7.77. The average Bonchev–Trinajstić information content (AvgIpc) is 2.96. The van der Waals surface area contributed by atoms with Crippen LogP contribution in [0.3, 0.4) is 0 Å². The van der Waals surface area contributed by atoms with E-state index in [4.69, 9.17) is 0 Å². The molecule has 2 aromatic rings. The van der Waals surface area contributed by atoms with Crippen LogP contribution in [0.5, 0.6) is 0 Å². The fourth-order valence-electron chi connectivity index (χ4n) is 1.99. The van der Waals surface area contributed by atoms with Crippen molar-refractivity contribution in [3.8, 4) is 0 Å². The zero-order valence-corrected chi connectivity index (χ0v) is 9.87. The Labute approximate surface area is 96.0 Å². The van der Waals surface area contributed by atoms with Crippen molar-refractivity contribution in [2.45, 2.75) is 38.8 Å². The number of nitrogens with zero attached hydrogens (tertiary/aromatic N) is 4. The summed E-state index contributed by atoms with van der Waals surface area (Å²) in [6.07, 6.45) is 14.9. The van der Waals surface area contributed by atoms with E-state index < -0.39 is 0 Å². The molecule has 86 valence electrons. The van der Waals surface area contributed by atoms with E-state index in [2.05, 4.69) is 32.9 Å². The van der Waals surface area contributed by atoms with Gasteiger partial charge in [-0.05, 0) is 19.8 Å². The highest BCUT2D eigenvalue weighted by molar-refractivity contribution is 4.93. The molecule has 0 saturated carbocycles. The third-order valence-electron chi connectivity index (χ3n) is 3.13. The second-order valence-electron chi connectivity index (χ2n) is 4.26. The molecule has 0 aliphatic rings. The molecule has 2 aromatic heterocycles. The van der Waals surface area contributed by atoms with Crippen molar-refractivity contribution in [1.82, 2.24) is 19.1 Å². The standard InChI is InChI=1S/C12H18N4/c1-3-4-5-12(2,15-8-6-13-10-15)16-9-7-14-11-16/h6-11H,3-5H2,1-2H3. The first-order valence-electron chi connectivity index (χ1n) is 5.74. The Morgan fingerprint density at radius 2 is 1.62 bits per heavy atom. The van der Waals surface area contributed by atoms with Gasteiger partial charge in [0, 0.05) is 24.8 Å². The van der Waals surface area contributed by atoms with Gasteiger partial charge in [-0.3, -0.25) is 0 Å². The van der Waals surface area contributed by atoms with Crippen molar-refractivity contribution in [3.63, 3.8) is 0 Å². The van der Waals surface area contributed by atoms with Crippen LogP contribution in [0.4, 0.5) is 0 Å². The molecule has 4 heteroatoms. The van der Waals surface area contributed by atoms with Gasteiger partial charge >= 0.3 is 0 Å². The first kappa shape index (κ1) is 10.9. The van der Waals surface area contributed by atoms with E-state index in [1.54, 1.807) is 0 Å². The monoisotopic (exact) mass is 218 g/mol. The van der Waals surface area contributed by atoms with Gasteiger partial charge < -0.3 is 9.13 Å². The predicted octanol–water partition coefficient (Wildman–Crippen LogP) is 2.49. The molecule has 0 atom stereocenters. The molecule has 0 fully saturated rings. The van der Waals surface area contributed by atoms with E-state index in [1.165, 1.54) is 12.8 Å². The third kappa shape index (κ3) is 1.87. The largest absolute Gasteiger partial charge is 0.314 e. The molecule has 2 heterocycles. The number of unbranched alkanes of at least 4 members (excludes halogenated alkanes) is 1. The maximum Gasteiger partial charge on any atom is 0.120 e. The molecule has 4 nitrogen and oxygen atoms in total. The molecule has 0 aliphatic heterocycles. The van der Waals surface area contributed by atoms with Gasteiger partial charge in [0.25, 0.3) is 0 Å². The summed E-state index contributed by atoms with van der Waals surface area (Å²) < 4.78 is 4.29. The molecule has 0 aromatic carbocycles. The number of aromatic nitrogens is 4. The van der Waals surface area contributed by atoms with E-state index in [9.17, 15) is 0 Å². The van der Waals surface area contributed by atoms with Crippen LogP contribution in [0.25, 0.3) is 0 Å². The van der Waals surface area contributed by atoms with Crippen molar-refractivity contribution in [2.75, 3.05) is 0 Å². The summed E-state index contributed by atoms with van der Waals surface area (Å²) in [5.41, 5.74) is -0.0942. The Balaban J connectivity index is 2.33. The lowest BCUT2D eigenvalue weighted by Crippen LogP contribution is -2.36. The minimum absolute atomic E-state index is 0.0942. The van der Waals surface area contributed by atoms with E-state index in [1.807, 2.05) is 37.4 Å². The average molecular weight is 218 g/mol. The fraction of sp³-hybridized carbons (Fsp3) is 0.500. The van der Waals surface area contributed by atoms with Crippen LogP contribution < -0.4 is 0 Å². The normalized spacial score (nSPS) is 11.9. The number of imidazole rings is 2. The Hall–Kier alpha value is -1.58. The Morgan fingerprint density at radius 3 is 2.00 bits per heavy atom. The predicted molar refractivity (Wildman–Crippen MR) is 63.0 cm³/mol. The highest BCUT2D eigenvalue weighted by Crippen LogP contribution is 2.24. The maximum atomic E-state index is 4.14. The summed E-state index contributed by atoms with van der Waals surface area (Å²) in [4.78, 5) is 8.27. The Morgan fingerprint density at radius 1 is 1.06 bits per heavy atom. The second-order valence-corrected chi connectivity index (χ2v) is 4.26. The molecule has 0 bridgehead atoms. The summed E-state index contributed by atoms with van der Waals surface area (Å²) in [5, 5.41) is 0. The van der Waals surface area contributed by atoms with Gasteiger partial charge in [-0.1, -0.05) is 13.3 Å². The van der Waals surface area contributed by atoms with Crippen LogP contribution in [-0.2, 0) is 5.66 Å². The lowest BCUT2D eigenvalue weighted by atomic mass is 10.0. The first-order valence-corrected chi connectivity index (χ1v) is 5.74. The minimum Gasteiger partial charge on any atom is -0.314 e. The highest BCUT2D eigenvalue weighted by atomic mass is 15.3. The number of hydrogen-bond donors (Lipinski definition) is 0. The molecular weight excluding hydrogens is 200 g/mol. The van der Waals surface area contributed by atoms with Crippen LogP contribution in [-0.4, -0.2) is 19.1 Å². The van der Waals surface area contributed by atoms with Gasteiger partial charge in [0.15, 0.2) is 0 Å². The van der Waals surface area contributed by atoms with E-state index in [0.29, 0.717) is 0 Å². The SMILES string of the molecule is CCCCC(C)(n1ccnc1)n1ccnc1. The zero-order valence-electron chi connectivity index (χ0n) is 9.87. The Bertz CT molecular complexity index is 368. The molecular formula is C12H18N4. The van der Waals surface area contributed by atoms with Gasteiger partial charge in [-0.25, -0.2) is 9.97 Å². The molecule has 0 radical (unpaired) electrons. The van der Waals surface area contributed by atoms with E-state index >= 15 is 0 Å². The topological polar surface area (TPSA) is 35.6 Å². The van der Waals surface area contributed by atoms with Gasteiger partial charge in [-0.15, -0.1) is 0 Å². The van der Waals surface area contributed by atoms with Crippen molar-refractivity contribution in [1.29, 1.82) is 0 Å². The molecule has 16 heavy (non-hydrogen) atoms. The molecule has 0 spiro atoms. The van der Waals surface area contributed by atoms with Gasteiger partial charge in [0.05, 0.1) is 12.7 Å². The molecule has 0 saturated heterocycles. The van der Waals surface area contributed by atoms with E-state index in [0.717, 1.165) is 6.42 Å². The van der Waals surface area contributed by atoms with E-state index in [-0.39, 0.29) is 5.66 Å². The summed E-state index contributed by atoms with van der Waals surface area (Å²) in [6.45, 7) is 4.42. The zero-order chi connectivity index (χ0) is 11.4. The quantitative estimate of drug-likeness (QED) is 0.773. The maximum absolute atomic E-state index is 4.14. The number of hydrogen-bond acceptors (Lipinski definition) is 2. The van der Waals surface area contributed by atoms with Crippen molar-refractivity contribution < 1.29 is 0 Å². The molecule has 0 unspecified atom stereocenters. The van der Waals surface area contributed by atoms with Gasteiger partial charge in [-0.2, -0.15) is 0 Å².